The van der Waals surface area contributed by atoms with Crippen LogP contribution in [0.1, 0.15) is 40.0 Å². The van der Waals surface area contributed by atoms with Gasteiger partial charge in [0.05, 0.1) is 24.9 Å². The van der Waals surface area contributed by atoms with Crippen molar-refractivity contribution in [3.05, 3.63) is 0 Å². The van der Waals surface area contributed by atoms with Crippen molar-refractivity contribution >= 4 is 6.09 Å². The zero-order valence-corrected chi connectivity index (χ0v) is 14.3. The minimum absolute atomic E-state index is 0.0133. The van der Waals surface area contributed by atoms with Crippen LogP contribution in [0.15, 0.2) is 0 Å². The SMILES string of the molecule is COC1(CC2CN(C(=O)OC(C)(C)C)CCO2)CCNCC1. The number of carbonyl (C=O) groups is 1. The van der Waals surface area contributed by atoms with Gasteiger partial charge in [0.2, 0.25) is 0 Å². The van der Waals surface area contributed by atoms with Gasteiger partial charge in [-0.2, -0.15) is 0 Å². The Kier molecular flexibility index (Phi) is 5.69. The number of hydrogen-bond acceptors (Lipinski definition) is 5. The van der Waals surface area contributed by atoms with E-state index in [2.05, 4.69) is 5.32 Å². The van der Waals surface area contributed by atoms with Crippen molar-refractivity contribution in [1.82, 2.24) is 10.2 Å². The fraction of sp³-hybridized carbons (Fsp3) is 0.938. The van der Waals surface area contributed by atoms with Gasteiger partial charge >= 0.3 is 6.09 Å². The topological polar surface area (TPSA) is 60.0 Å². The van der Waals surface area contributed by atoms with Crippen LogP contribution in [-0.2, 0) is 14.2 Å². The van der Waals surface area contributed by atoms with Crippen molar-refractivity contribution in [2.24, 2.45) is 0 Å². The molecule has 2 aliphatic rings. The Morgan fingerprint density at radius 3 is 2.64 bits per heavy atom. The largest absolute Gasteiger partial charge is 0.444 e. The lowest BCUT2D eigenvalue weighted by Gasteiger charge is -2.41. The summed E-state index contributed by atoms with van der Waals surface area (Å²) in [7, 11) is 1.78. The number of nitrogens with zero attached hydrogens (tertiary/aromatic N) is 1. The lowest BCUT2D eigenvalue weighted by molar-refractivity contribution is -0.104. The Labute approximate surface area is 133 Å². The van der Waals surface area contributed by atoms with Crippen LogP contribution in [-0.4, -0.2) is 68.2 Å². The summed E-state index contributed by atoms with van der Waals surface area (Å²) in [6.45, 7) is 9.32. The number of amides is 1. The Morgan fingerprint density at radius 2 is 2.05 bits per heavy atom. The van der Waals surface area contributed by atoms with Crippen molar-refractivity contribution in [1.29, 1.82) is 0 Å². The number of nitrogens with one attached hydrogen (secondary N) is 1. The van der Waals surface area contributed by atoms with Crippen LogP contribution in [0.3, 0.4) is 0 Å². The minimum Gasteiger partial charge on any atom is -0.444 e. The molecule has 1 atom stereocenters. The predicted octanol–water partition coefficient (Wildman–Crippen LogP) is 1.78. The monoisotopic (exact) mass is 314 g/mol. The molecule has 128 valence electrons. The first-order chi connectivity index (χ1) is 10.3. The maximum atomic E-state index is 12.2. The fourth-order valence-corrected chi connectivity index (χ4v) is 3.12. The first kappa shape index (κ1) is 17.5. The van der Waals surface area contributed by atoms with Crippen molar-refractivity contribution in [2.75, 3.05) is 39.9 Å². The van der Waals surface area contributed by atoms with Gasteiger partial charge in [-0.15, -0.1) is 0 Å². The normalized spacial score (nSPS) is 25.8. The number of carbonyl (C=O) groups excluding carboxylic acids is 1. The summed E-state index contributed by atoms with van der Waals surface area (Å²) in [5, 5.41) is 3.36. The van der Waals surface area contributed by atoms with Crippen molar-refractivity contribution in [3.8, 4) is 0 Å². The number of hydrogen-bond donors (Lipinski definition) is 1. The molecule has 0 radical (unpaired) electrons. The standard InChI is InChI=1S/C16H30N2O4/c1-15(2,3)22-14(19)18-9-10-21-13(12-18)11-16(20-4)5-7-17-8-6-16/h13,17H,5-12H2,1-4H3. The van der Waals surface area contributed by atoms with E-state index in [9.17, 15) is 4.79 Å². The van der Waals surface area contributed by atoms with Gasteiger partial charge in [0.15, 0.2) is 0 Å². The van der Waals surface area contributed by atoms with E-state index in [1.165, 1.54) is 0 Å². The summed E-state index contributed by atoms with van der Waals surface area (Å²) < 4.78 is 17.1. The predicted molar refractivity (Wildman–Crippen MR) is 84.0 cm³/mol. The molecule has 2 rings (SSSR count). The summed E-state index contributed by atoms with van der Waals surface area (Å²) in [5.41, 5.74) is -0.597. The van der Waals surface area contributed by atoms with Crippen molar-refractivity contribution < 1.29 is 19.0 Å². The van der Waals surface area contributed by atoms with E-state index in [4.69, 9.17) is 14.2 Å². The number of ether oxygens (including phenoxy) is 3. The Hall–Kier alpha value is -0.850. The Morgan fingerprint density at radius 1 is 1.36 bits per heavy atom. The molecule has 1 amide bonds. The smallest absolute Gasteiger partial charge is 0.410 e. The molecule has 1 unspecified atom stereocenters. The van der Waals surface area contributed by atoms with Gasteiger partial charge in [-0.1, -0.05) is 0 Å². The second-order valence-electron chi connectivity index (χ2n) is 7.26. The van der Waals surface area contributed by atoms with E-state index in [1.807, 2.05) is 20.8 Å². The molecule has 0 spiro atoms. The van der Waals surface area contributed by atoms with E-state index >= 15 is 0 Å². The third kappa shape index (κ3) is 4.83. The maximum absolute atomic E-state index is 12.2. The van der Waals surface area contributed by atoms with Gasteiger partial charge in [0.1, 0.15) is 5.60 Å². The Bertz CT molecular complexity index is 375. The van der Waals surface area contributed by atoms with E-state index in [-0.39, 0.29) is 17.8 Å². The summed E-state index contributed by atoms with van der Waals surface area (Å²) >= 11 is 0. The fourth-order valence-electron chi connectivity index (χ4n) is 3.12. The molecule has 1 N–H and O–H groups in total. The molecule has 6 heteroatoms. The van der Waals surface area contributed by atoms with Crippen LogP contribution < -0.4 is 5.32 Å². The van der Waals surface area contributed by atoms with Gasteiger partial charge in [-0.05, 0) is 46.7 Å². The van der Waals surface area contributed by atoms with Gasteiger partial charge in [-0.3, -0.25) is 0 Å². The molecule has 2 heterocycles. The highest BCUT2D eigenvalue weighted by Crippen LogP contribution is 2.30. The summed E-state index contributed by atoms with van der Waals surface area (Å²) in [6.07, 6.45) is 2.55. The zero-order valence-electron chi connectivity index (χ0n) is 14.3. The van der Waals surface area contributed by atoms with Crippen LogP contribution in [0.25, 0.3) is 0 Å². The molecule has 22 heavy (non-hydrogen) atoms. The molecule has 2 aliphatic heterocycles. The van der Waals surface area contributed by atoms with Crippen molar-refractivity contribution in [3.63, 3.8) is 0 Å². The van der Waals surface area contributed by atoms with Gasteiger partial charge in [0.25, 0.3) is 0 Å². The van der Waals surface area contributed by atoms with Gasteiger partial charge in [-0.25, -0.2) is 4.79 Å². The molecular weight excluding hydrogens is 284 g/mol. The Balaban J connectivity index is 1.91. The quantitative estimate of drug-likeness (QED) is 0.860. The average molecular weight is 314 g/mol. The van der Waals surface area contributed by atoms with E-state index in [1.54, 1.807) is 12.0 Å². The molecule has 0 aliphatic carbocycles. The second kappa shape index (κ2) is 7.15. The van der Waals surface area contributed by atoms with Crippen LogP contribution in [0, 0.1) is 0 Å². The van der Waals surface area contributed by atoms with E-state index in [0.29, 0.717) is 19.7 Å². The van der Waals surface area contributed by atoms with Crippen LogP contribution in [0.4, 0.5) is 4.79 Å². The molecular formula is C16H30N2O4. The molecule has 6 nitrogen and oxygen atoms in total. The summed E-state index contributed by atoms with van der Waals surface area (Å²) in [4.78, 5) is 14.0. The molecule has 0 bridgehead atoms. The van der Waals surface area contributed by atoms with E-state index < -0.39 is 5.60 Å². The lowest BCUT2D eigenvalue weighted by atomic mass is 9.86. The third-order valence-electron chi connectivity index (χ3n) is 4.34. The average Bonchev–Trinajstić information content (AvgIpc) is 2.47. The highest BCUT2D eigenvalue weighted by molar-refractivity contribution is 5.68. The first-order valence-corrected chi connectivity index (χ1v) is 8.19. The lowest BCUT2D eigenvalue weighted by Crippen LogP contribution is -2.52. The van der Waals surface area contributed by atoms with Crippen molar-refractivity contribution in [2.45, 2.75) is 57.3 Å². The maximum Gasteiger partial charge on any atom is 0.410 e. The molecule has 2 saturated heterocycles. The number of methoxy groups -OCH3 is 1. The third-order valence-corrected chi connectivity index (χ3v) is 4.34. The molecule has 0 aromatic carbocycles. The highest BCUT2D eigenvalue weighted by Gasteiger charge is 2.37. The van der Waals surface area contributed by atoms with Gasteiger partial charge < -0.3 is 24.4 Å². The van der Waals surface area contributed by atoms with Crippen LogP contribution >= 0.6 is 0 Å². The van der Waals surface area contributed by atoms with Gasteiger partial charge in [0, 0.05) is 20.1 Å². The summed E-state index contributed by atoms with van der Waals surface area (Å²) in [5.74, 6) is 0. The molecule has 2 fully saturated rings. The first-order valence-electron chi connectivity index (χ1n) is 8.19. The summed E-state index contributed by atoms with van der Waals surface area (Å²) in [6, 6.07) is 0. The number of rotatable bonds is 3. The van der Waals surface area contributed by atoms with E-state index in [0.717, 1.165) is 32.4 Å². The minimum atomic E-state index is -0.465. The number of morpholine rings is 1. The molecule has 0 aromatic rings. The second-order valence-corrected chi connectivity index (χ2v) is 7.26. The zero-order chi connectivity index (χ0) is 16.2. The molecule has 0 saturated carbocycles. The van der Waals surface area contributed by atoms with Crippen LogP contribution in [0.2, 0.25) is 0 Å². The van der Waals surface area contributed by atoms with Crippen LogP contribution in [0.5, 0.6) is 0 Å². The number of piperidine rings is 1. The molecule has 0 aromatic heterocycles. The highest BCUT2D eigenvalue weighted by atomic mass is 16.6.